The predicted octanol–water partition coefficient (Wildman–Crippen LogP) is 6.47. The zero-order chi connectivity index (χ0) is 16.2. The van der Waals surface area contributed by atoms with E-state index in [1.807, 2.05) is 30.3 Å². The highest BCUT2D eigenvalue weighted by Crippen LogP contribution is 2.32. The summed E-state index contributed by atoms with van der Waals surface area (Å²) >= 11 is 0. The molecule has 0 saturated heterocycles. The van der Waals surface area contributed by atoms with Crippen molar-refractivity contribution in [3.63, 3.8) is 0 Å². The fourth-order valence-electron chi connectivity index (χ4n) is 3.14. The minimum Gasteiger partial charge on any atom is -0.184 e. The largest absolute Gasteiger partial charge is 0.184 e. The molecule has 3 aromatic carbocycles. The van der Waals surface area contributed by atoms with Gasteiger partial charge in [-0.15, -0.1) is 0 Å². The molecule has 4 rings (SSSR count). The number of benzene rings is 3. The van der Waals surface area contributed by atoms with Crippen molar-refractivity contribution >= 4 is 22.0 Å². The SMILES string of the molecule is C1=CCC(c2ccc3ccccc3c2CN=Nc2ccccc2)=C1. The van der Waals surface area contributed by atoms with Crippen LogP contribution in [0.25, 0.3) is 16.3 Å². The van der Waals surface area contributed by atoms with Crippen molar-refractivity contribution < 1.29 is 0 Å². The van der Waals surface area contributed by atoms with Crippen LogP contribution in [0.5, 0.6) is 0 Å². The molecule has 3 aromatic rings. The first-order chi connectivity index (χ1) is 11.9. The van der Waals surface area contributed by atoms with Crippen molar-refractivity contribution in [1.82, 2.24) is 0 Å². The molecule has 24 heavy (non-hydrogen) atoms. The van der Waals surface area contributed by atoms with Gasteiger partial charge in [-0.25, -0.2) is 0 Å². The first-order valence-electron chi connectivity index (χ1n) is 8.21. The smallest absolute Gasteiger partial charge is 0.0865 e. The van der Waals surface area contributed by atoms with Gasteiger partial charge in [-0.2, -0.15) is 10.2 Å². The highest BCUT2D eigenvalue weighted by atomic mass is 15.1. The van der Waals surface area contributed by atoms with Gasteiger partial charge in [0.2, 0.25) is 0 Å². The van der Waals surface area contributed by atoms with E-state index in [0.717, 1.165) is 12.1 Å². The second-order valence-electron chi connectivity index (χ2n) is 5.87. The molecule has 116 valence electrons. The average Bonchev–Trinajstić information content (AvgIpc) is 3.17. The summed E-state index contributed by atoms with van der Waals surface area (Å²) in [6, 6.07) is 22.8. The molecule has 0 aliphatic heterocycles. The van der Waals surface area contributed by atoms with Gasteiger partial charge in [0.1, 0.15) is 0 Å². The summed E-state index contributed by atoms with van der Waals surface area (Å²) in [5, 5.41) is 11.3. The number of hydrogen-bond acceptors (Lipinski definition) is 2. The second-order valence-corrected chi connectivity index (χ2v) is 5.87. The quantitative estimate of drug-likeness (QED) is 0.493. The molecule has 1 aliphatic rings. The summed E-state index contributed by atoms with van der Waals surface area (Å²) in [5.74, 6) is 0. The predicted molar refractivity (Wildman–Crippen MR) is 100 cm³/mol. The number of azo groups is 1. The Morgan fingerprint density at radius 1 is 0.833 bits per heavy atom. The lowest BCUT2D eigenvalue weighted by Crippen LogP contribution is -1.93. The lowest BCUT2D eigenvalue weighted by molar-refractivity contribution is 0.963. The van der Waals surface area contributed by atoms with Crippen molar-refractivity contribution in [2.45, 2.75) is 13.0 Å². The fourth-order valence-corrected chi connectivity index (χ4v) is 3.14. The first-order valence-corrected chi connectivity index (χ1v) is 8.21. The molecule has 0 heterocycles. The number of allylic oxidation sites excluding steroid dienone is 4. The van der Waals surface area contributed by atoms with Crippen LogP contribution in [0.15, 0.2) is 95.2 Å². The van der Waals surface area contributed by atoms with Crippen LogP contribution in [-0.2, 0) is 6.54 Å². The summed E-state index contributed by atoms with van der Waals surface area (Å²) in [6.45, 7) is 0.586. The summed E-state index contributed by atoms with van der Waals surface area (Å²) < 4.78 is 0. The van der Waals surface area contributed by atoms with Gasteiger partial charge in [0.05, 0.1) is 12.2 Å². The van der Waals surface area contributed by atoms with Crippen LogP contribution >= 0.6 is 0 Å². The van der Waals surface area contributed by atoms with Crippen molar-refractivity contribution in [3.05, 3.63) is 96.1 Å². The summed E-state index contributed by atoms with van der Waals surface area (Å²) in [6.07, 6.45) is 7.50. The Hall–Kier alpha value is -3.00. The molecule has 0 fully saturated rings. The van der Waals surface area contributed by atoms with Crippen LogP contribution in [0, 0.1) is 0 Å². The number of fused-ring (bicyclic) bond motifs is 1. The number of nitrogens with zero attached hydrogens (tertiary/aromatic N) is 2. The van der Waals surface area contributed by atoms with Crippen LogP contribution in [0.2, 0.25) is 0 Å². The molecule has 0 atom stereocenters. The number of rotatable bonds is 4. The third-order valence-electron chi connectivity index (χ3n) is 4.33. The molecule has 0 N–H and O–H groups in total. The Kier molecular flexibility index (Phi) is 4.03. The van der Waals surface area contributed by atoms with E-state index in [1.54, 1.807) is 0 Å². The fraction of sp³-hybridized carbons (Fsp3) is 0.0909. The van der Waals surface area contributed by atoms with Crippen LogP contribution in [0.4, 0.5) is 5.69 Å². The van der Waals surface area contributed by atoms with Gasteiger partial charge in [-0.05, 0) is 46.0 Å². The van der Waals surface area contributed by atoms with E-state index in [-0.39, 0.29) is 0 Å². The van der Waals surface area contributed by atoms with Crippen LogP contribution < -0.4 is 0 Å². The minimum absolute atomic E-state index is 0.586. The lowest BCUT2D eigenvalue weighted by atomic mass is 9.93. The molecule has 0 bridgehead atoms. The van der Waals surface area contributed by atoms with Gasteiger partial charge >= 0.3 is 0 Å². The lowest BCUT2D eigenvalue weighted by Gasteiger charge is -2.12. The molecule has 0 saturated carbocycles. The van der Waals surface area contributed by atoms with Gasteiger partial charge in [0, 0.05) is 0 Å². The third-order valence-corrected chi connectivity index (χ3v) is 4.33. The van der Waals surface area contributed by atoms with E-state index >= 15 is 0 Å². The van der Waals surface area contributed by atoms with Crippen LogP contribution in [-0.4, -0.2) is 0 Å². The average molecular weight is 310 g/mol. The molecule has 0 radical (unpaired) electrons. The Balaban J connectivity index is 1.74. The molecule has 0 aromatic heterocycles. The summed E-state index contributed by atoms with van der Waals surface area (Å²) in [7, 11) is 0. The van der Waals surface area contributed by atoms with E-state index in [9.17, 15) is 0 Å². The maximum atomic E-state index is 4.47. The molecular formula is C22H18N2. The standard InChI is InChI=1S/C22H18N2/c1-2-11-19(12-3-1)24-23-16-22-20-13-7-6-10-18(20)14-15-21(22)17-8-4-5-9-17/h1-8,10-15H,9,16H2. The Bertz CT molecular complexity index is 950. The van der Waals surface area contributed by atoms with Crippen molar-refractivity contribution in [2.75, 3.05) is 0 Å². The molecule has 2 heteroatoms. The highest BCUT2D eigenvalue weighted by molar-refractivity contribution is 5.91. The van der Waals surface area contributed by atoms with E-state index in [4.69, 9.17) is 0 Å². The zero-order valence-corrected chi connectivity index (χ0v) is 13.4. The monoisotopic (exact) mass is 310 g/mol. The Morgan fingerprint density at radius 2 is 1.67 bits per heavy atom. The summed E-state index contributed by atoms with van der Waals surface area (Å²) in [4.78, 5) is 0. The molecule has 2 nitrogen and oxygen atoms in total. The number of hydrogen-bond donors (Lipinski definition) is 0. The maximum absolute atomic E-state index is 4.47. The van der Waals surface area contributed by atoms with Gasteiger partial charge < -0.3 is 0 Å². The molecule has 0 amide bonds. The van der Waals surface area contributed by atoms with E-state index in [1.165, 1.54) is 27.5 Å². The first kappa shape index (κ1) is 14.6. The van der Waals surface area contributed by atoms with E-state index < -0.39 is 0 Å². The second kappa shape index (κ2) is 6.63. The highest BCUT2D eigenvalue weighted by Gasteiger charge is 2.12. The van der Waals surface area contributed by atoms with Crippen molar-refractivity contribution in [3.8, 4) is 0 Å². The van der Waals surface area contributed by atoms with Crippen molar-refractivity contribution in [1.29, 1.82) is 0 Å². The summed E-state index contributed by atoms with van der Waals surface area (Å²) in [5.41, 5.74) is 4.78. The van der Waals surface area contributed by atoms with Crippen LogP contribution in [0.3, 0.4) is 0 Å². The van der Waals surface area contributed by atoms with Gasteiger partial charge in [0.15, 0.2) is 0 Å². The minimum atomic E-state index is 0.586. The van der Waals surface area contributed by atoms with Crippen molar-refractivity contribution in [2.24, 2.45) is 10.2 Å². The topological polar surface area (TPSA) is 24.7 Å². The van der Waals surface area contributed by atoms with Gasteiger partial charge in [-0.3, -0.25) is 0 Å². The molecular weight excluding hydrogens is 292 g/mol. The third kappa shape index (κ3) is 2.91. The van der Waals surface area contributed by atoms with E-state index in [0.29, 0.717) is 6.54 Å². The van der Waals surface area contributed by atoms with E-state index in [2.05, 4.69) is 64.9 Å². The Morgan fingerprint density at radius 3 is 2.50 bits per heavy atom. The normalized spacial score (nSPS) is 13.8. The molecule has 0 unspecified atom stereocenters. The molecule has 1 aliphatic carbocycles. The van der Waals surface area contributed by atoms with Gasteiger partial charge in [0.25, 0.3) is 0 Å². The van der Waals surface area contributed by atoms with Crippen LogP contribution in [0.1, 0.15) is 17.5 Å². The van der Waals surface area contributed by atoms with Gasteiger partial charge in [-0.1, -0.05) is 72.8 Å². The Labute approximate surface area is 141 Å². The zero-order valence-electron chi connectivity index (χ0n) is 13.4. The maximum Gasteiger partial charge on any atom is 0.0865 e. The molecule has 0 spiro atoms.